The zero-order valence-corrected chi connectivity index (χ0v) is 12.7. The number of ether oxygens (including phenoxy) is 2. The van der Waals surface area contributed by atoms with E-state index in [1.165, 1.54) is 0 Å². The Morgan fingerprint density at radius 2 is 1.92 bits per heavy atom. The second kappa shape index (κ2) is 5.73. The Balaban J connectivity index is 1.88. The van der Waals surface area contributed by atoms with Gasteiger partial charge < -0.3 is 20.3 Å². The molecular weight excluding hydrogens is 310 g/mol. The number of nitrogen functional groups attached to an aromatic ring is 1. The molecule has 1 aliphatic rings. The van der Waals surface area contributed by atoms with Crippen molar-refractivity contribution in [3.63, 3.8) is 0 Å². The molecule has 24 heavy (non-hydrogen) atoms. The Hall–Kier alpha value is -3.29. The third kappa shape index (κ3) is 2.58. The lowest BCUT2D eigenvalue weighted by molar-refractivity contribution is 0.329. The Kier molecular flexibility index (Phi) is 3.42. The van der Waals surface area contributed by atoms with E-state index in [-0.39, 0.29) is 24.4 Å². The smallest absolute Gasteiger partial charge is 0.320 e. The van der Waals surface area contributed by atoms with E-state index < -0.39 is 0 Å². The maximum atomic E-state index is 10.2. The number of hydrogen-bond donors (Lipinski definition) is 2. The van der Waals surface area contributed by atoms with Crippen LogP contribution in [-0.2, 0) is 6.54 Å². The standard InChI is InChI=1S/C16H15N5O3/c17-13-12-14-20-15(19-13)24-7-2-1-6-23-11-5-3-4-10(8-11)9-21(14)16(22)18-12/h1-5,8H,6-7,9H2,(H,18,22)(H2,17,19,20)/b2-1+. The van der Waals surface area contributed by atoms with Gasteiger partial charge in [0.15, 0.2) is 17.0 Å². The highest BCUT2D eigenvalue weighted by molar-refractivity contribution is 5.83. The number of hydrogen-bond acceptors (Lipinski definition) is 7. The molecule has 0 spiro atoms. The second-order valence-electron chi connectivity index (χ2n) is 5.30. The van der Waals surface area contributed by atoms with Crippen LogP contribution < -0.4 is 15.2 Å². The number of anilines is 1. The van der Waals surface area contributed by atoms with Gasteiger partial charge in [-0.05, 0) is 29.8 Å². The summed E-state index contributed by atoms with van der Waals surface area (Å²) >= 11 is 0. The molecule has 0 saturated carbocycles. The third-order valence-corrected chi connectivity index (χ3v) is 3.64. The van der Waals surface area contributed by atoms with Crippen LogP contribution in [0.4, 0.5) is 5.82 Å². The first kappa shape index (κ1) is 14.3. The quantitative estimate of drug-likeness (QED) is 0.603. The minimum absolute atomic E-state index is 0.137. The highest BCUT2D eigenvalue weighted by Crippen LogP contribution is 2.26. The van der Waals surface area contributed by atoms with Crippen molar-refractivity contribution in [1.29, 1.82) is 0 Å². The molecule has 8 nitrogen and oxygen atoms in total. The van der Waals surface area contributed by atoms with Crippen molar-refractivity contribution < 1.29 is 14.6 Å². The molecule has 1 aromatic carbocycles. The van der Waals surface area contributed by atoms with Crippen molar-refractivity contribution in [2.45, 2.75) is 6.54 Å². The summed E-state index contributed by atoms with van der Waals surface area (Å²) in [6.07, 6.45) is 3.67. The van der Waals surface area contributed by atoms with Gasteiger partial charge in [-0.25, -0.2) is 0 Å². The van der Waals surface area contributed by atoms with Gasteiger partial charge in [-0.15, -0.1) is 0 Å². The first-order chi connectivity index (χ1) is 11.7. The molecule has 2 aromatic heterocycles. The number of fused-ring (bicyclic) bond motifs is 3. The van der Waals surface area contributed by atoms with Crippen LogP contribution in [-0.4, -0.2) is 37.8 Å². The van der Waals surface area contributed by atoms with Gasteiger partial charge >= 0.3 is 6.01 Å². The Labute approximate surface area is 137 Å². The molecule has 8 heteroatoms. The Bertz CT molecular complexity index is 935. The van der Waals surface area contributed by atoms with Crippen molar-refractivity contribution in [3.05, 3.63) is 42.0 Å². The van der Waals surface area contributed by atoms with Gasteiger partial charge in [-0.1, -0.05) is 12.1 Å². The molecule has 0 aliphatic carbocycles. The minimum Gasteiger partial charge on any atom is -0.490 e. The predicted molar refractivity (Wildman–Crippen MR) is 87.1 cm³/mol. The van der Waals surface area contributed by atoms with Crippen LogP contribution in [0.1, 0.15) is 5.56 Å². The van der Waals surface area contributed by atoms with Gasteiger partial charge in [0.1, 0.15) is 19.0 Å². The number of imidazole rings is 1. The van der Waals surface area contributed by atoms with Crippen molar-refractivity contribution in [2.75, 3.05) is 18.9 Å². The summed E-state index contributed by atoms with van der Waals surface area (Å²) in [4.78, 5) is 12.4. The summed E-state index contributed by atoms with van der Waals surface area (Å²) in [7, 11) is 0. The van der Waals surface area contributed by atoms with Crippen molar-refractivity contribution in [1.82, 2.24) is 19.5 Å². The fourth-order valence-corrected chi connectivity index (χ4v) is 2.52. The molecule has 4 rings (SSSR count). The average molecular weight is 325 g/mol. The molecule has 0 fully saturated rings. The lowest BCUT2D eigenvalue weighted by Crippen LogP contribution is -2.06. The van der Waals surface area contributed by atoms with Crippen LogP contribution in [0.5, 0.6) is 17.8 Å². The summed E-state index contributed by atoms with van der Waals surface area (Å²) < 4.78 is 12.7. The van der Waals surface area contributed by atoms with Crippen molar-refractivity contribution in [2.24, 2.45) is 0 Å². The highest BCUT2D eigenvalue weighted by Gasteiger charge is 2.17. The third-order valence-electron chi connectivity index (χ3n) is 3.64. The topological polar surface area (TPSA) is 108 Å². The summed E-state index contributed by atoms with van der Waals surface area (Å²) in [5, 5.41) is 10.2. The monoisotopic (exact) mass is 325 g/mol. The fourth-order valence-electron chi connectivity index (χ4n) is 2.52. The van der Waals surface area contributed by atoms with Crippen molar-refractivity contribution >= 4 is 17.0 Å². The van der Waals surface area contributed by atoms with Crippen LogP contribution in [0.2, 0.25) is 0 Å². The Morgan fingerprint density at radius 3 is 2.79 bits per heavy atom. The molecule has 3 N–H and O–H groups in total. The van der Waals surface area contributed by atoms with E-state index in [4.69, 9.17) is 15.2 Å². The van der Waals surface area contributed by atoms with Gasteiger partial charge in [0.25, 0.3) is 6.01 Å². The molecule has 0 saturated heterocycles. The molecule has 0 amide bonds. The van der Waals surface area contributed by atoms with Gasteiger partial charge in [-0.3, -0.25) is 4.57 Å². The van der Waals surface area contributed by atoms with E-state index in [0.29, 0.717) is 24.3 Å². The van der Waals surface area contributed by atoms with Crippen LogP contribution in [0, 0.1) is 0 Å². The van der Waals surface area contributed by atoms with E-state index in [1.807, 2.05) is 36.4 Å². The van der Waals surface area contributed by atoms with Gasteiger partial charge in [0.05, 0.1) is 6.54 Å². The normalized spacial score (nSPS) is 15.5. The summed E-state index contributed by atoms with van der Waals surface area (Å²) in [6, 6.07) is 7.58. The number of rotatable bonds is 0. The lowest BCUT2D eigenvalue weighted by Gasteiger charge is -2.10. The van der Waals surface area contributed by atoms with E-state index in [2.05, 4.69) is 15.0 Å². The maximum absolute atomic E-state index is 10.2. The fraction of sp³-hybridized carbons (Fsp3) is 0.188. The molecule has 122 valence electrons. The maximum Gasteiger partial charge on any atom is 0.320 e. The first-order valence-electron chi connectivity index (χ1n) is 7.43. The molecule has 1 aliphatic heterocycles. The van der Waals surface area contributed by atoms with E-state index in [9.17, 15) is 5.11 Å². The summed E-state index contributed by atoms with van der Waals surface area (Å²) in [5.74, 6) is 0.908. The first-order valence-corrected chi connectivity index (χ1v) is 7.43. The zero-order chi connectivity index (χ0) is 16.5. The number of aromatic nitrogens is 4. The largest absolute Gasteiger partial charge is 0.490 e. The highest BCUT2D eigenvalue weighted by atomic mass is 16.5. The summed E-state index contributed by atoms with van der Waals surface area (Å²) in [6.45, 7) is 1.08. The van der Waals surface area contributed by atoms with Crippen molar-refractivity contribution in [3.8, 4) is 17.8 Å². The van der Waals surface area contributed by atoms with E-state index in [0.717, 1.165) is 11.3 Å². The van der Waals surface area contributed by atoms with Crippen LogP contribution >= 0.6 is 0 Å². The van der Waals surface area contributed by atoms with Gasteiger partial charge in [-0.2, -0.15) is 15.0 Å². The summed E-state index contributed by atoms with van der Waals surface area (Å²) in [5.41, 5.74) is 7.61. The second-order valence-corrected chi connectivity index (χ2v) is 5.30. The molecular formula is C16H15N5O3. The number of benzene rings is 1. The van der Waals surface area contributed by atoms with Crippen LogP contribution in [0.15, 0.2) is 36.4 Å². The molecule has 3 aromatic rings. The van der Waals surface area contributed by atoms with E-state index in [1.54, 1.807) is 4.57 Å². The minimum atomic E-state index is -0.179. The number of aromatic hydroxyl groups is 1. The molecule has 0 unspecified atom stereocenters. The van der Waals surface area contributed by atoms with Crippen LogP contribution in [0.25, 0.3) is 11.2 Å². The van der Waals surface area contributed by atoms with Crippen LogP contribution in [0.3, 0.4) is 0 Å². The van der Waals surface area contributed by atoms with Gasteiger partial charge in [0, 0.05) is 0 Å². The SMILES string of the molecule is Nc1nc2nc3c1nc(O)n3Cc1cccc(c1)OC/C=C/CO2. The predicted octanol–water partition coefficient (Wildman–Crippen LogP) is 1.49. The molecule has 0 radical (unpaired) electrons. The van der Waals surface area contributed by atoms with E-state index >= 15 is 0 Å². The molecule has 4 bridgehead atoms. The molecule has 0 atom stereocenters. The van der Waals surface area contributed by atoms with Gasteiger partial charge in [0.2, 0.25) is 0 Å². The number of nitrogens with zero attached hydrogens (tertiary/aromatic N) is 4. The Morgan fingerprint density at radius 1 is 1.08 bits per heavy atom. The lowest BCUT2D eigenvalue weighted by atomic mass is 10.2. The average Bonchev–Trinajstić information content (AvgIpc) is 2.88. The molecule has 3 heterocycles. The number of nitrogens with two attached hydrogens (primary N) is 1. The zero-order valence-electron chi connectivity index (χ0n) is 12.7.